The maximum Gasteiger partial charge on any atom is 0.326 e. The van der Waals surface area contributed by atoms with E-state index < -0.39 is 36.2 Å². The number of hydrogen-bond donors (Lipinski definition) is 4. The second-order valence-electron chi connectivity index (χ2n) is 5.75. The summed E-state index contributed by atoms with van der Waals surface area (Å²) in [6.07, 6.45) is 0.572. The van der Waals surface area contributed by atoms with Crippen LogP contribution < -0.4 is 10.6 Å². The first-order valence-corrected chi connectivity index (χ1v) is 8.25. The average molecular weight is 382 g/mol. The van der Waals surface area contributed by atoms with Crippen molar-refractivity contribution >= 4 is 29.8 Å². The first kappa shape index (κ1) is 20.4. The standard InChI is InChI=1S/C20H18N2O6/c23-17(24)12-16(20(27)28)22-19(26)15(11-13-7-3-1-4-8-13)21-18(25)14-9-5-2-6-10-14/h1-11,16H,12H2,(H,21,25)(H,22,26)(H,23,24)(H,27,28)/b15-11+. The van der Waals surface area contributed by atoms with Crippen molar-refractivity contribution in [1.29, 1.82) is 0 Å². The molecule has 2 aromatic carbocycles. The van der Waals surface area contributed by atoms with E-state index in [4.69, 9.17) is 10.2 Å². The molecule has 8 nitrogen and oxygen atoms in total. The first-order chi connectivity index (χ1) is 13.4. The summed E-state index contributed by atoms with van der Waals surface area (Å²) in [6, 6.07) is 15.1. The first-order valence-electron chi connectivity index (χ1n) is 8.25. The molecule has 144 valence electrons. The summed E-state index contributed by atoms with van der Waals surface area (Å²) in [5.41, 5.74) is 0.678. The number of carboxylic acids is 2. The van der Waals surface area contributed by atoms with E-state index in [2.05, 4.69) is 10.6 Å². The Morgan fingerprint density at radius 2 is 1.46 bits per heavy atom. The summed E-state index contributed by atoms with van der Waals surface area (Å²) in [4.78, 5) is 47.0. The lowest BCUT2D eigenvalue weighted by molar-refractivity contribution is -0.146. The summed E-state index contributed by atoms with van der Waals surface area (Å²) < 4.78 is 0. The predicted molar refractivity (Wildman–Crippen MR) is 100 cm³/mol. The van der Waals surface area contributed by atoms with Crippen molar-refractivity contribution in [3.8, 4) is 0 Å². The van der Waals surface area contributed by atoms with Crippen molar-refractivity contribution in [2.75, 3.05) is 0 Å². The third-order valence-electron chi connectivity index (χ3n) is 3.62. The number of benzene rings is 2. The quantitative estimate of drug-likeness (QED) is 0.512. The Kier molecular flexibility index (Phi) is 7.04. The predicted octanol–water partition coefficient (Wildman–Crippen LogP) is 1.50. The van der Waals surface area contributed by atoms with E-state index in [1.807, 2.05) is 0 Å². The zero-order valence-corrected chi connectivity index (χ0v) is 14.7. The Labute approximate surface area is 160 Å². The molecule has 1 atom stereocenters. The Morgan fingerprint density at radius 1 is 0.893 bits per heavy atom. The average Bonchev–Trinajstić information content (AvgIpc) is 2.68. The zero-order chi connectivity index (χ0) is 20.5. The van der Waals surface area contributed by atoms with E-state index in [-0.39, 0.29) is 5.70 Å². The number of carbonyl (C=O) groups excluding carboxylic acids is 2. The van der Waals surface area contributed by atoms with Gasteiger partial charge in [-0.15, -0.1) is 0 Å². The van der Waals surface area contributed by atoms with Gasteiger partial charge in [-0.3, -0.25) is 14.4 Å². The van der Waals surface area contributed by atoms with Gasteiger partial charge in [0.25, 0.3) is 11.8 Å². The minimum absolute atomic E-state index is 0.211. The van der Waals surface area contributed by atoms with Crippen molar-refractivity contribution in [3.63, 3.8) is 0 Å². The van der Waals surface area contributed by atoms with Crippen LogP contribution >= 0.6 is 0 Å². The topological polar surface area (TPSA) is 133 Å². The number of hydrogen-bond acceptors (Lipinski definition) is 4. The minimum Gasteiger partial charge on any atom is -0.481 e. The molecular formula is C20H18N2O6. The summed E-state index contributed by atoms with van der Waals surface area (Å²) >= 11 is 0. The molecule has 1 unspecified atom stereocenters. The number of rotatable bonds is 8. The summed E-state index contributed by atoms with van der Waals surface area (Å²) in [5, 5.41) is 22.5. The third kappa shape index (κ3) is 6.10. The van der Waals surface area contributed by atoms with Gasteiger partial charge in [-0.05, 0) is 23.8 Å². The SMILES string of the molecule is O=C(O)CC(NC(=O)/C(=C\c1ccccc1)NC(=O)c1ccccc1)C(=O)O. The maximum absolute atomic E-state index is 12.6. The zero-order valence-electron chi connectivity index (χ0n) is 14.7. The van der Waals surface area contributed by atoms with Crippen molar-refractivity contribution in [3.05, 3.63) is 77.5 Å². The molecule has 0 spiro atoms. The van der Waals surface area contributed by atoms with E-state index in [9.17, 15) is 19.2 Å². The number of carbonyl (C=O) groups is 4. The second-order valence-corrected chi connectivity index (χ2v) is 5.75. The molecule has 2 rings (SSSR count). The molecule has 0 bridgehead atoms. The molecule has 0 saturated carbocycles. The Morgan fingerprint density at radius 3 is 2.00 bits per heavy atom. The molecule has 0 radical (unpaired) electrons. The smallest absolute Gasteiger partial charge is 0.326 e. The number of nitrogens with one attached hydrogen (secondary N) is 2. The second kappa shape index (κ2) is 9.67. The van der Waals surface area contributed by atoms with Crippen molar-refractivity contribution in [2.45, 2.75) is 12.5 Å². The highest BCUT2D eigenvalue weighted by molar-refractivity contribution is 6.06. The lowest BCUT2D eigenvalue weighted by Crippen LogP contribution is -2.45. The van der Waals surface area contributed by atoms with Crippen LogP contribution in [0, 0.1) is 0 Å². The third-order valence-corrected chi connectivity index (χ3v) is 3.62. The lowest BCUT2D eigenvalue weighted by atomic mass is 10.1. The van der Waals surface area contributed by atoms with Crippen molar-refractivity contribution in [2.24, 2.45) is 0 Å². The van der Waals surface area contributed by atoms with Crippen molar-refractivity contribution < 1.29 is 29.4 Å². The lowest BCUT2D eigenvalue weighted by Gasteiger charge is -2.15. The molecule has 2 amide bonds. The molecule has 28 heavy (non-hydrogen) atoms. The van der Waals surface area contributed by atoms with Gasteiger partial charge in [-0.25, -0.2) is 4.79 Å². The fourth-order valence-electron chi connectivity index (χ4n) is 2.27. The Balaban J connectivity index is 2.28. The van der Waals surface area contributed by atoms with E-state index in [1.165, 1.54) is 6.08 Å². The van der Waals surface area contributed by atoms with E-state index in [0.29, 0.717) is 11.1 Å². The molecule has 4 N–H and O–H groups in total. The van der Waals surface area contributed by atoms with Gasteiger partial charge in [0.2, 0.25) is 0 Å². The monoisotopic (exact) mass is 382 g/mol. The normalized spacial score (nSPS) is 11.9. The Hall–Kier alpha value is -3.94. The molecule has 8 heteroatoms. The van der Waals surface area contributed by atoms with Gasteiger partial charge in [0, 0.05) is 5.56 Å². The van der Waals surface area contributed by atoms with E-state index >= 15 is 0 Å². The largest absolute Gasteiger partial charge is 0.481 e. The van der Waals surface area contributed by atoms with Crippen LogP contribution in [-0.4, -0.2) is 40.0 Å². The van der Waals surface area contributed by atoms with Gasteiger partial charge in [0.1, 0.15) is 11.7 Å². The molecule has 0 aliphatic heterocycles. The van der Waals surface area contributed by atoms with Crippen LogP contribution in [0.3, 0.4) is 0 Å². The van der Waals surface area contributed by atoms with Gasteiger partial charge in [0.15, 0.2) is 0 Å². The molecule has 0 aliphatic carbocycles. The number of aliphatic carboxylic acids is 2. The summed E-state index contributed by atoms with van der Waals surface area (Å²) in [6.45, 7) is 0. The highest BCUT2D eigenvalue weighted by Crippen LogP contribution is 2.08. The van der Waals surface area contributed by atoms with Gasteiger partial charge >= 0.3 is 11.9 Å². The van der Waals surface area contributed by atoms with Crippen LogP contribution in [0.2, 0.25) is 0 Å². The van der Waals surface area contributed by atoms with Crippen LogP contribution in [0.1, 0.15) is 22.3 Å². The maximum atomic E-state index is 12.6. The van der Waals surface area contributed by atoms with Gasteiger partial charge in [-0.2, -0.15) is 0 Å². The molecule has 0 saturated heterocycles. The molecular weight excluding hydrogens is 364 g/mol. The van der Waals surface area contributed by atoms with Gasteiger partial charge in [0.05, 0.1) is 6.42 Å². The van der Waals surface area contributed by atoms with Crippen molar-refractivity contribution in [1.82, 2.24) is 10.6 Å². The number of amides is 2. The molecule has 0 aliphatic rings. The molecule has 0 heterocycles. The molecule has 2 aromatic rings. The summed E-state index contributed by atoms with van der Waals surface area (Å²) in [5.74, 6) is -4.36. The van der Waals surface area contributed by atoms with Gasteiger partial charge in [-0.1, -0.05) is 48.5 Å². The molecule has 0 fully saturated rings. The Bertz CT molecular complexity index is 893. The van der Waals surface area contributed by atoms with E-state index in [0.717, 1.165) is 0 Å². The van der Waals surface area contributed by atoms with Gasteiger partial charge < -0.3 is 20.8 Å². The fourth-order valence-corrected chi connectivity index (χ4v) is 2.27. The summed E-state index contributed by atoms with van der Waals surface area (Å²) in [7, 11) is 0. The van der Waals surface area contributed by atoms with Crippen LogP contribution in [0.4, 0.5) is 0 Å². The van der Waals surface area contributed by atoms with Crippen LogP contribution in [0.5, 0.6) is 0 Å². The molecule has 0 aromatic heterocycles. The van der Waals surface area contributed by atoms with Crippen LogP contribution in [-0.2, 0) is 14.4 Å². The minimum atomic E-state index is -1.64. The van der Waals surface area contributed by atoms with Crippen LogP contribution in [0.25, 0.3) is 6.08 Å². The highest BCUT2D eigenvalue weighted by Gasteiger charge is 2.25. The van der Waals surface area contributed by atoms with Crippen LogP contribution in [0.15, 0.2) is 66.4 Å². The van der Waals surface area contributed by atoms with E-state index in [1.54, 1.807) is 60.7 Å². The fraction of sp³-hybridized carbons (Fsp3) is 0.100. The number of carboxylic acid groups (broad SMARTS) is 2. The highest BCUT2D eigenvalue weighted by atomic mass is 16.4.